The minimum atomic E-state index is -0.260. The van der Waals surface area contributed by atoms with Gasteiger partial charge in [0, 0.05) is 17.4 Å². The van der Waals surface area contributed by atoms with Gasteiger partial charge in [0.05, 0.1) is 22.0 Å². The molecule has 3 aromatic heterocycles. The smallest absolute Gasteiger partial charge is 0.257 e. The first-order chi connectivity index (χ1) is 13.6. The first-order valence-corrected chi connectivity index (χ1v) is 8.84. The van der Waals surface area contributed by atoms with Crippen molar-refractivity contribution in [2.24, 2.45) is 0 Å². The van der Waals surface area contributed by atoms with E-state index in [0.717, 1.165) is 11.3 Å². The van der Waals surface area contributed by atoms with E-state index < -0.39 is 0 Å². The van der Waals surface area contributed by atoms with Gasteiger partial charge in [0.2, 0.25) is 0 Å². The van der Waals surface area contributed by atoms with Crippen LogP contribution in [-0.4, -0.2) is 30.6 Å². The van der Waals surface area contributed by atoms with Crippen molar-refractivity contribution in [1.82, 2.24) is 24.7 Å². The fourth-order valence-corrected chi connectivity index (χ4v) is 2.98. The van der Waals surface area contributed by atoms with Crippen LogP contribution in [0.1, 0.15) is 16.1 Å². The highest BCUT2D eigenvalue weighted by atomic mass is 35.5. The predicted octanol–water partition coefficient (Wildman–Crippen LogP) is 3.94. The van der Waals surface area contributed by atoms with E-state index in [1.165, 1.54) is 11.0 Å². The number of pyridine rings is 2. The van der Waals surface area contributed by atoms with Gasteiger partial charge in [-0.15, -0.1) is 0 Å². The van der Waals surface area contributed by atoms with Crippen LogP contribution < -0.4 is 5.32 Å². The van der Waals surface area contributed by atoms with Crippen molar-refractivity contribution >= 4 is 23.2 Å². The van der Waals surface area contributed by atoms with E-state index in [4.69, 9.17) is 11.6 Å². The summed E-state index contributed by atoms with van der Waals surface area (Å²) in [6.45, 7) is 1.77. The van der Waals surface area contributed by atoms with Gasteiger partial charge in [-0.1, -0.05) is 17.7 Å². The van der Waals surface area contributed by atoms with Crippen molar-refractivity contribution in [3.8, 4) is 17.1 Å². The number of carbonyl (C=O) groups is 1. The molecule has 0 atom stereocenters. The lowest BCUT2D eigenvalue weighted by atomic mass is 10.1. The predicted molar refractivity (Wildman–Crippen MR) is 107 cm³/mol. The molecule has 0 aliphatic heterocycles. The Morgan fingerprint density at radius 3 is 2.75 bits per heavy atom. The zero-order valence-electron chi connectivity index (χ0n) is 14.9. The molecule has 0 unspecified atom stereocenters. The molecular formula is C20H15ClN6O. The number of halogens is 1. The van der Waals surface area contributed by atoms with Crippen molar-refractivity contribution in [2.45, 2.75) is 6.92 Å². The number of hydrogen-bond donors (Lipinski definition) is 1. The van der Waals surface area contributed by atoms with Crippen LogP contribution in [0.25, 0.3) is 17.1 Å². The third-order valence-electron chi connectivity index (χ3n) is 4.13. The largest absolute Gasteiger partial charge is 0.322 e. The second kappa shape index (κ2) is 7.58. The molecule has 1 amide bonds. The fourth-order valence-electron chi connectivity index (χ4n) is 2.76. The van der Waals surface area contributed by atoms with Crippen molar-refractivity contribution < 1.29 is 4.79 Å². The maximum atomic E-state index is 12.7. The lowest BCUT2D eigenvalue weighted by Crippen LogP contribution is -2.15. The number of aromatic nitrogens is 5. The number of carbonyl (C=O) groups excluding carboxylic acids is 1. The molecule has 0 spiro atoms. The first kappa shape index (κ1) is 17.8. The minimum Gasteiger partial charge on any atom is -0.322 e. The van der Waals surface area contributed by atoms with Crippen LogP contribution in [0.4, 0.5) is 5.69 Å². The average Bonchev–Trinajstić information content (AvgIpc) is 3.25. The molecule has 7 nitrogen and oxygen atoms in total. The summed E-state index contributed by atoms with van der Waals surface area (Å²) in [6, 6.07) is 14.3. The fraction of sp³-hybridized carbons (Fsp3) is 0.0500. The number of anilines is 1. The summed E-state index contributed by atoms with van der Waals surface area (Å²) in [5, 5.41) is 7.49. The maximum Gasteiger partial charge on any atom is 0.257 e. The van der Waals surface area contributed by atoms with Gasteiger partial charge < -0.3 is 5.32 Å². The van der Waals surface area contributed by atoms with Crippen LogP contribution in [0.3, 0.4) is 0 Å². The molecule has 0 radical (unpaired) electrons. The summed E-state index contributed by atoms with van der Waals surface area (Å²) in [5.41, 5.74) is 3.16. The molecule has 8 heteroatoms. The van der Waals surface area contributed by atoms with Gasteiger partial charge >= 0.3 is 0 Å². The lowest BCUT2D eigenvalue weighted by molar-refractivity contribution is 0.102. The van der Waals surface area contributed by atoms with Crippen LogP contribution in [0.15, 0.2) is 67.4 Å². The summed E-state index contributed by atoms with van der Waals surface area (Å²) in [4.78, 5) is 25.4. The second-order valence-corrected chi connectivity index (χ2v) is 6.41. The summed E-state index contributed by atoms with van der Waals surface area (Å²) >= 11 is 6.30. The minimum absolute atomic E-state index is 0.260. The van der Waals surface area contributed by atoms with Crippen molar-refractivity contribution in [3.05, 3.63) is 83.7 Å². The highest BCUT2D eigenvalue weighted by Crippen LogP contribution is 2.29. The number of hydrogen-bond acceptors (Lipinski definition) is 5. The van der Waals surface area contributed by atoms with Gasteiger partial charge in [-0.2, -0.15) is 5.10 Å². The van der Waals surface area contributed by atoms with Crippen molar-refractivity contribution in [2.75, 3.05) is 5.32 Å². The molecule has 0 aliphatic rings. The molecule has 0 aliphatic carbocycles. The van der Waals surface area contributed by atoms with Crippen LogP contribution >= 0.6 is 11.6 Å². The third kappa shape index (κ3) is 3.60. The Balaban J connectivity index is 1.59. The molecule has 0 fully saturated rings. The Kier molecular flexibility index (Phi) is 4.82. The monoisotopic (exact) mass is 390 g/mol. The van der Waals surface area contributed by atoms with E-state index in [-0.39, 0.29) is 5.91 Å². The molecule has 4 rings (SSSR count). The molecule has 0 saturated carbocycles. The number of rotatable bonds is 4. The summed E-state index contributed by atoms with van der Waals surface area (Å²) in [7, 11) is 0. The summed E-state index contributed by atoms with van der Waals surface area (Å²) in [5.74, 6) is 0.333. The average molecular weight is 391 g/mol. The van der Waals surface area contributed by atoms with E-state index >= 15 is 0 Å². The third-order valence-corrected chi connectivity index (χ3v) is 4.46. The molecule has 4 aromatic rings. The Morgan fingerprint density at radius 2 is 2.04 bits per heavy atom. The van der Waals surface area contributed by atoms with Gasteiger partial charge in [-0.3, -0.25) is 9.78 Å². The van der Waals surface area contributed by atoms with E-state index in [9.17, 15) is 4.79 Å². The molecule has 3 heterocycles. The zero-order valence-corrected chi connectivity index (χ0v) is 15.6. The van der Waals surface area contributed by atoms with Crippen LogP contribution in [-0.2, 0) is 0 Å². The van der Waals surface area contributed by atoms with Gasteiger partial charge in [-0.25, -0.2) is 14.6 Å². The van der Waals surface area contributed by atoms with Crippen molar-refractivity contribution in [1.29, 1.82) is 0 Å². The zero-order chi connectivity index (χ0) is 19.5. The number of aryl methyl sites for hydroxylation is 1. The number of nitrogens with zero attached hydrogens (tertiary/aromatic N) is 5. The van der Waals surface area contributed by atoms with Gasteiger partial charge in [0.25, 0.3) is 5.91 Å². The number of amides is 1. The Morgan fingerprint density at radius 1 is 1.14 bits per heavy atom. The molecule has 1 aromatic carbocycles. The SMILES string of the molecule is Cc1nc(-n2cncn2)ccc1C(=O)Nc1ccc(Cl)c(-c2ccccn2)c1. The summed E-state index contributed by atoms with van der Waals surface area (Å²) < 4.78 is 1.53. The normalized spacial score (nSPS) is 10.6. The van der Waals surface area contributed by atoms with Crippen LogP contribution in [0, 0.1) is 6.92 Å². The van der Waals surface area contributed by atoms with Gasteiger partial charge in [0.15, 0.2) is 5.82 Å². The first-order valence-electron chi connectivity index (χ1n) is 8.47. The highest BCUT2D eigenvalue weighted by Gasteiger charge is 2.13. The van der Waals surface area contributed by atoms with E-state index in [2.05, 4.69) is 25.4 Å². The molecular weight excluding hydrogens is 376 g/mol. The number of benzene rings is 1. The number of nitrogens with one attached hydrogen (secondary N) is 1. The van der Waals surface area contributed by atoms with Crippen LogP contribution in [0.5, 0.6) is 0 Å². The van der Waals surface area contributed by atoms with E-state index in [0.29, 0.717) is 27.8 Å². The van der Waals surface area contributed by atoms with Crippen LogP contribution in [0.2, 0.25) is 5.02 Å². The highest BCUT2D eigenvalue weighted by molar-refractivity contribution is 6.33. The van der Waals surface area contributed by atoms with Gasteiger partial charge in [-0.05, 0) is 49.4 Å². The molecule has 138 valence electrons. The quantitative estimate of drug-likeness (QED) is 0.570. The lowest BCUT2D eigenvalue weighted by Gasteiger charge is -2.11. The maximum absolute atomic E-state index is 12.7. The Hall–Kier alpha value is -3.58. The topological polar surface area (TPSA) is 85.6 Å². The molecule has 0 bridgehead atoms. The molecule has 0 saturated heterocycles. The standard InChI is InChI=1S/C20H15ClN6O/c1-13-15(6-8-19(25-13)27-12-22-11-24-27)20(28)26-14-5-7-17(21)16(10-14)18-4-2-3-9-23-18/h2-12H,1H3,(H,26,28). The van der Waals surface area contributed by atoms with Crippen molar-refractivity contribution in [3.63, 3.8) is 0 Å². The molecule has 1 N–H and O–H groups in total. The Bertz CT molecular complexity index is 1130. The Labute approximate surface area is 166 Å². The summed E-state index contributed by atoms with van der Waals surface area (Å²) in [6.07, 6.45) is 4.67. The van der Waals surface area contributed by atoms with E-state index in [1.807, 2.05) is 18.2 Å². The molecule has 28 heavy (non-hydrogen) atoms. The second-order valence-electron chi connectivity index (χ2n) is 6.01. The van der Waals surface area contributed by atoms with Gasteiger partial charge in [0.1, 0.15) is 12.7 Å². The van der Waals surface area contributed by atoms with E-state index in [1.54, 1.807) is 49.8 Å².